The summed E-state index contributed by atoms with van der Waals surface area (Å²) >= 11 is 0. The van der Waals surface area contributed by atoms with E-state index < -0.39 is 11.2 Å². The zero-order valence-electron chi connectivity index (χ0n) is 36.3. The summed E-state index contributed by atoms with van der Waals surface area (Å²) in [6.45, 7) is 28.7. The van der Waals surface area contributed by atoms with Crippen LogP contribution < -0.4 is 0 Å². The Morgan fingerprint density at radius 1 is 0.611 bits per heavy atom. The normalized spacial score (nSPS) is 24.1. The summed E-state index contributed by atoms with van der Waals surface area (Å²) in [5.74, 6) is 0.147. The highest BCUT2D eigenvalue weighted by atomic mass is 16.6. The molecule has 2 N–H and O–H groups in total. The van der Waals surface area contributed by atoms with Crippen molar-refractivity contribution >= 4 is 0 Å². The van der Waals surface area contributed by atoms with Gasteiger partial charge >= 0.3 is 0 Å². The van der Waals surface area contributed by atoms with Crippen LogP contribution in [0.2, 0.25) is 0 Å². The predicted octanol–water partition coefficient (Wildman–Crippen LogP) is 12.8. The molecule has 2 fully saturated rings. The van der Waals surface area contributed by atoms with E-state index in [0.29, 0.717) is 6.42 Å². The van der Waals surface area contributed by atoms with E-state index in [-0.39, 0.29) is 28.8 Å². The van der Waals surface area contributed by atoms with E-state index in [2.05, 4.69) is 179 Å². The molecule has 4 heteroatoms. The number of ether oxygens (including phenoxy) is 2. The van der Waals surface area contributed by atoms with Gasteiger partial charge in [0.15, 0.2) is 0 Å². The standard InChI is InChI=1S/C50H74O4/c1-38(23-17-25-40(3)27-19-29-42(5)31-32-44(47(9,10)52)34-35-46(7,8)51)21-15-16-22-39(2)24-18-26-41(4)28-20-30-43(6)33-36-50(49(13,14)54-50)37-45-48(11,12)53-45/h15-30,33,36,44-45,51-52H,31-32,34-35,37H2,1-14H3/b16-15+,23-17+,24-18+,27-19+,28-20+,36-33+,38-21+,39-22+,40-25+,41-26+,42-29+,43-30+. The van der Waals surface area contributed by atoms with Crippen molar-refractivity contribution in [2.45, 2.75) is 163 Å². The Hall–Kier alpha value is -3.28. The third-order valence-electron chi connectivity index (χ3n) is 10.4. The van der Waals surface area contributed by atoms with Crippen LogP contribution >= 0.6 is 0 Å². The lowest BCUT2D eigenvalue weighted by molar-refractivity contribution is -0.00672. The smallest absolute Gasteiger partial charge is 0.118 e. The Bertz CT molecular complexity index is 1610. The van der Waals surface area contributed by atoms with Crippen molar-refractivity contribution in [1.82, 2.24) is 0 Å². The minimum atomic E-state index is -0.756. The average Bonchev–Trinajstić information content (AvgIpc) is 3.84. The lowest BCUT2D eigenvalue weighted by Crippen LogP contribution is -2.33. The Kier molecular flexibility index (Phi) is 17.9. The number of rotatable bonds is 21. The maximum absolute atomic E-state index is 10.6. The maximum atomic E-state index is 10.6. The van der Waals surface area contributed by atoms with Gasteiger partial charge in [-0.25, -0.2) is 0 Å². The van der Waals surface area contributed by atoms with E-state index in [1.54, 1.807) is 0 Å². The second-order valence-corrected chi connectivity index (χ2v) is 17.9. The van der Waals surface area contributed by atoms with Crippen molar-refractivity contribution in [3.05, 3.63) is 143 Å². The topological polar surface area (TPSA) is 65.5 Å². The fraction of sp³-hybridized carbons (Fsp3) is 0.520. The molecule has 0 spiro atoms. The quantitative estimate of drug-likeness (QED) is 0.0909. The van der Waals surface area contributed by atoms with Crippen LogP contribution in [0.4, 0.5) is 0 Å². The molecule has 2 heterocycles. The van der Waals surface area contributed by atoms with Crippen LogP contribution in [0.25, 0.3) is 0 Å². The van der Waals surface area contributed by atoms with E-state index in [1.165, 1.54) is 33.4 Å². The zero-order valence-corrected chi connectivity index (χ0v) is 36.3. The van der Waals surface area contributed by atoms with Crippen molar-refractivity contribution in [2.24, 2.45) is 5.92 Å². The van der Waals surface area contributed by atoms with E-state index in [0.717, 1.165) is 25.7 Å². The fourth-order valence-corrected chi connectivity index (χ4v) is 6.16. The number of allylic oxidation sites excluding steroid dienone is 23. The predicted molar refractivity (Wildman–Crippen MR) is 233 cm³/mol. The summed E-state index contributed by atoms with van der Waals surface area (Å²) in [7, 11) is 0. The molecule has 298 valence electrons. The molecule has 54 heavy (non-hydrogen) atoms. The number of aliphatic hydroxyl groups is 2. The third kappa shape index (κ3) is 18.4. The second kappa shape index (κ2) is 20.6. The highest BCUT2D eigenvalue weighted by molar-refractivity contribution is 5.35. The molecule has 2 saturated heterocycles. The summed E-state index contributed by atoms with van der Waals surface area (Å²) in [5, 5.41) is 20.7. The van der Waals surface area contributed by atoms with Gasteiger partial charge in [-0.3, -0.25) is 0 Å². The van der Waals surface area contributed by atoms with Crippen LogP contribution in [0.5, 0.6) is 0 Å². The van der Waals surface area contributed by atoms with Gasteiger partial charge in [-0.2, -0.15) is 0 Å². The number of hydrogen-bond donors (Lipinski definition) is 2. The molecule has 0 bridgehead atoms. The summed E-state index contributed by atoms with van der Waals surface area (Å²) in [4.78, 5) is 0. The molecule has 0 aromatic carbocycles. The zero-order chi connectivity index (χ0) is 40.8. The molecule has 0 radical (unpaired) electrons. The number of epoxide rings is 2. The minimum Gasteiger partial charge on any atom is -0.390 e. The van der Waals surface area contributed by atoms with Crippen LogP contribution in [0.3, 0.4) is 0 Å². The Morgan fingerprint density at radius 2 is 1.00 bits per heavy atom. The molecule has 0 aromatic heterocycles. The van der Waals surface area contributed by atoms with Crippen molar-refractivity contribution in [3.8, 4) is 0 Å². The van der Waals surface area contributed by atoms with Crippen LogP contribution in [-0.2, 0) is 9.47 Å². The van der Waals surface area contributed by atoms with E-state index in [1.807, 2.05) is 27.7 Å². The van der Waals surface area contributed by atoms with Crippen LogP contribution in [0, 0.1) is 5.92 Å². The van der Waals surface area contributed by atoms with Gasteiger partial charge in [0.05, 0.1) is 28.5 Å². The Morgan fingerprint density at radius 3 is 1.37 bits per heavy atom. The van der Waals surface area contributed by atoms with Crippen molar-refractivity contribution in [2.75, 3.05) is 0 Å². The van der Waals surface area contributed by atoms with Gasteiger partial charge in [-0.1, -0.05) is 137 Å². The summed E-state index contributed by atoms with van der Waals surface area (Å²) < 4.78 is 12.0. The van der Waals surface area contributed by atoms with Gasteiger partial charge in [-0.15, -0.1) is 0 Å². The molecule has 4 nitrogen and oxygen atoms in total. The van der Waals surface area contributed by atoms with Crippen LogP contribution in [0.15, 0.2) is 143 Å². The first-order valence-electron chi connectivity index (χ1n) is 19.9. The summed E-state index contributed by atoms with van der Waals surface area (Å²) in [6, 6.07) is 0. The molecule has 0 amide bonds. The van der Waals surface area contributed by atoms with Gasteiger partial charge in [0.1, 0.15) is 5.60 Å². The molecule has 0 saturated carbocycles. The molecule has 2 aliphatic heterocycles. The third-order valence-corrected chi connectivity index (χ3v) is 10.4. The Labute approximate surface area is 330 Å². The van der Waals surface area contributed by atoms with Crippen molar-refractivity contribution in [3.63, 3.8) is 0 Å². The van der Waals surface area contributed by atoms with Gasteiger partial charge < -0.3 is 19.7 Å². The van der Waals surface area contributed by atoms with Crippen molar-refractivity contribution in [1.29, 1.82) is 0 Å². The average molecular weight is 739 g/mol. The van der Waals surface area contributed by atoms with Gasteiger partial charge in [-0.05, 0) is 135 Å². The Balaban J connectivity index is 1.80. The molecule has 0 aromatic rings. The summed E-state index contributed by atoms with van der Waals surface area (Å²) in [6.07, 6.45) is 42.6. The van der Waals surface area contributed by atoms with Crippen LogP contribution in [-0.4, -0.2) is 44.3 Å². The molecule has 2 aliphatic rings. The highest BCUT2D eigenvalue weighted by Gasteiger charge is 2.66. The second-order valence-electron chi connectivity index (χ2n) is 17.9. The molecule has 3 unspecified atom stereocenters. The molecule has 3 atom stereocenters. The fourth-order valence-electron chi connectivity index (χ4n) is 6.16. The first kappa shape index (κ1) is 46.9. The summed E-state index contributed by atoms with van der Waals surface area (Å²) in [5.41, 5.74) is 5.30. The first-order chi connectivity index (χ1) is 24.9. The molecule has 2 rings (SSSR count). The number of hydrogen-bond acceptors (Lipinski definition) is 4. The lowest BCUT2D eigenvalue weighted by Gasteiger charge is -2.31. The monoisotopic (exact) mass is 739 g/mol. The van der Waals surface area contributed by atoms with E-state index >= 15 is 0 Å². The van der Waals surface area contributed by atoms with Crippen LogP contribution in [0.1, 0.15) is 129 Å². The van der Waals surface area contributed by atoms with E-state index in [9.17, 15) is 10.2 Å². The molecular weight excluding hydrogens is 665 g/mol. The van der Waals surface area contributed by atoms with E-state index in [4.69, 9.17) is 9.47 Å². The maximum Gasteiger partial charge on any atom is 0.118 e. The molecular formula is C50H74O4. The largest absolute Gasteiger partial charge is 0.390 e. The first-order valence-corrected chi connectivity index (χ1v) is 19.9. The van der Waals surface area contributed by atoms with Crippen molar-refractivity contribution < 1.29 is 19.7 Å². The van der Waals surface area contributed by atoms with Gasteiger partial charge in [0, 0.05) is 6.42 Å². The van der Waals surface area contributed by atoms with Gasteiger partial charge in [0.25, 0.3) is 0 Å². The van der Waals surface area contributed by atoms with Gasteiger partial charge in [0.2, 0.25) is 0 Å². The highest BCUT2D eigenvalue weighted by Crippen LogP contribution is 2.56. The lowest BCUT2D eigenvalue weighted by atomic mass is 9.80. The minimum absolute atomic E-state index is 0.0302. The SMILES string of the molecule is CC(/C=C/C=C(C)/C=C/C=C(C)/C=C/C1(CC2OC2(C)C)OC1(C)C)=C\C=C\C=C(C)\C=C\C=C(C)\C=C\C=C(/C)CCC(CCC(C)(C)O)C(C)(C)O. The molecule has 0 aliphatic carbocycles.